The molecule has 0 amide bonds. The smallest absolute Gasteiger partial charge is 0.309 e. The molecular weight excluding hydrogens is 212 g/mol. The molecule has 0 bridgehead atoms. The Morgan fingerprint density at radius 1 is 1.53 bits per heavy atom. The molecule has 1 aromatic rings. The first-order chi connectivity index (χ1) is 7.15. The molecule has 0 saturated heterocycles. The number of rotatable bonds is 3. The first-order valence-electron chi connectivity index (χ1n) is 4.63. The van der Waals surface area contributed by atoms with Gasteiger partial charge in [-0.25, -0.2) is 0 Å². The standard InChI is InChI=1S/C12H13ClO2/c1-9-5-3-6-10(12(9)13)7-4-8-11(14)15-2/h3-7H,8H2,1-2H3. The van der Waals surface area contributed by atoms with Crippen molar-refractivity contribution in [3.8, 4) is 0 Å². The summed E-state index contributed by atoms with van der Waals surface area (Å²) in [6.45, 7) is 1.94. The molecule has 0 radical (unpaired) electrons. The van der Waals surface area contributed by atoms with Crippen LogP contribution in [0.3, 0.4) is 0 Å². The predicted molar refractivity (Wildman–Crippen MR) is 61.9 cm³/mol. The number of carbonyl (C=O) groups is 1. The zero-order valence-electron chi connectivity index (χ0n) is 8.79. The maximum absolute atomic E-state index is 10.8. The first-order valence-corrected chi connectivity index (χ1v) is 5.01. The van der Waals surface area contributed by atoms with Crippen LogP contribution in [0.2, 0.25) is 5.02 Å². The van der Waals surface area contributed by atoms with Gasteiger partial charge in [-0.15, -0.1) is 0 Å². The van der Waals surface area contributed by atoms with Gasteiger partial charge < -0.3 is 4.74 Å². The molecule has 3 heteroatoms. The van der Waals surface area contributed by atoms with Crippen LogP contribution >= 0.6 is 11.6 Å². The molecule has 2 nitrogen and oxygen atoms in total. The van der Waals surface area contributed by atoms with Gasteiger partial charge in [0.25, 0.3) is 0 Å². The van der Waals surface area contributed by atoms with Crippen molar-refractivity contribution in [2.75, 3.05) is 7.11 Å². The monoisotopic (exact) mass is 224 g/mol. The van der Waals surface area contributed by atoms with Crippen LogP contribution in [0.25, 0.3) is 6.08 Å². The number of halogens is 1. The fraction of sp³-hybridized carbons (Fsp3) is 0.250. The number of hydrogen-bond donors (Lipinski definition) is 0. The summed E-state index contributed by atoms with van der Waals surface area (Å²) < 4.78 is 4.52. The third kappa shape index (κ3) is 3.40. The second kappa shape index (κ2) is 5.56. The van der Waals surface area contributed by atoms with Crippen LogP contribution in [-0.4, -0.2) is 13.1 Å². The van der Waals surface area contributed by atoms with Crippen molar-refractivity contribution in [3.63, 3.8) is 0 Å². The fourth-order valence-corrected chi connectivity index (χ4v) is 1.35. The van der Waals surface area contributed by atoms with Gasteiger partial charge in [0, 0.05) is 0 Å². The second-order valence-electron chi connectivity index (χ2n) is 3.16. The van der Waals surface area contributed by atoms with Crippen LogP contribution in [0.15, 0.2) is 24.3 Å². The molecule has 0 N–H and O–H groups in total. The Morgan fingerprint density at radius 2 is 2.27 bits per heavy atom. The van der Waals surface area contributed by atoms with Crippen molar-refractivity contribution in [1.29, 1.82) is 0 Å². The lowest BCUT2D eigenvalue weighted by molar-refractivity contribution is -0.139. The lowest BCUT2D eigenvalue weighted by atomic mass is 10.1. The average molecular weight is 225 g/mol. The van der Waals surface area contributed by atoms with Gasteiger partial charge >= 0.3 is 5.97 Å². The van der Waals surface area contributed by atoms with Gasteiger partial charge in [0.15, 0.2) is 0 Å². The predicted octanol–water partition coefficient (Wildman–Crippen LogP) is 3.22. The van der Waals surface area contributed by atoms with Crippen molar-refractivity contribution in [2.45, 2.75) is 13.3 Å². The van der Waals surface area contributed by atoms with Crippen LogP contribution < -0.4 is 0 Å². The summed E-state index contributed by atoms with van der Waals surface area (Å²) in [5, 5.41) is 0.721. The molecular formula is C12H13ClO2. The molecule has 15 heavy (non-hydrogen) atoms. The van der Waals surface area contributed by atoms with E-state index >= 15 is 0 Å². The van der Waals surface area contributed by atoms with E-state index in [0.717, 1.165) is 16.1 Å². The maximum atomic E-state index is 10.8. The molecule has 0 saturated carbocycles. The van der Waals surface area contributed by atoms with E-state index in [9.17, 15) is 4.79 Å². The molecule has 0 atom stereocenters. The van der Waals surface area contributed by atoms with E-state index in [-0.39, 0.29) is 12.4 Å². The summed E-state index contributed by atoms with van der Waals surface area (Å²) >= 11 is 6.07. The van der Waals surface area contributed by atoms with Crippen LogP contribution in [-0.2, 0) is 9.53 Å². The van der Waals surface area contributed by atoms with Crippen molar-refractivity contribution >= 4 is 23.6 Å². The number of esters is 1. The topological polar surface area (TPSA) is 26.3 Å². The molecule has 1 rings (SSSR count). The molecule has 0 aliphatic carbocycles. The number of methoxy groups -OCH3 is 1. The second-order valence-corrected chi connectivity index (χ2v) is 3.54. The molecule has 0 unspecified atom stereocenters. The normalized spacial score (nSPS) is 10.6. The van der Waals surface area contributed by atoms with Gasteiger partial charge in [0.05, 0.1) is 18.6 Å². The van der Waals surface area contributed by atoms with Crippen LogP contribution in [0.1, 0.15) is 17.5 Å². The largest absolute Gasteiger partial charge is 0.469 e. The Labute approximate surface area is 94.5 Å². The Balaban J connectivity index is 2.72. The number of benzene rings is 1. The lowest BCUT2D eigenvalue weighted by Crippen LogP contribution is -1.96. The van der Waals surface area contributed by atoms with Gasteiger partial charge in [0.2, 0.25) is 0 Å². The summed E-state index contributed by atoms with van der Waals surface area (Å²) in [6.07, 6.45) is 3.83. The summed E-state index contributed by atoms with van der Waals surface area (Å²) in [5.41, 5.74) is 1.94. The van der Waals surface area contributed by atoms with Crippen LogP contribution in [0, 0.1) is 6.92 Å². The molecule has 0 aliphatic heterocycles. The molecule has 0 spiro atoms. The van der Waals surface area contributed by atoms with E-state index in [1.165, 1.54) is 7.11 Å². The summed E-state index contributed by atoms with van der Waals surface area (Å²) in [4.78, 5) is 10.8. The highest BCUT2D eigenvalue weighted by atomic mass is 35.5. The maximum Gasteiger partial charge on any atom is 0.309 e. The van der Waals surface area contributed by atoms with Crippen LogP contribution in [0.5, 0.6) is 0 Å². The lowest BCUT2D eigenvalue weighted by Gasteiger charge is -2.01. The SMILES string of the molecule is COC(=O)CC=Cc1cccc(C)c1Cl. The first kappa shape index (κ1) is 11.8. The molecule has 0 fully saturated rings. The Hall–Kier alpha value is -1.28. The summed E-state index contributed by atoms with van der Waals surface area (Å²) in [6, 6.07) is 5.78. The minimum absolute atomic E-state index is 0.255. The van der Waals surface area contributed by atoms with E-state index < -0.39 is 0 Å². The van der Waals surface area contributed by atoms with Crippen molar-refractivity contribution in [3.05, 3.63) is 40.4 Å². The highest BCUT2D eigenvalue weighted by Gasteiger charge is 1.99. The minimum Gasteiger partial charge on any atom is -0.469 e. The van der Waals surface area contributed by atoms with Crippen molar-refractivity contribution < 1.29 is 9.53 Å². The van der Waals surface area contributed by atoms with Gasteiger partial charge in [-0.05, 0) is 18.1 Å². The molecule has 0 aromatic heterocycles. The Kier molecular flexibility index (Phi) is 4.37. The highest BCUT2D eigenvalue weighted by Crippen LogP contribution is 2.21. The van der Waals surface area contributed by atoms with Gasteiger partial charge in [0.1, 0.15) is 0 Å². The zero-order valence-corrected chi connectivity index (χ0v) is 9.54. The van der Waals surface area contributed by atoms with Gasteiger partial charge in [-0.3, -0.25) is 4.79 Å². The van der Waals surface area contributed by atoms with E-state index in [4.69, 9.17) is 11.6 Å². The van der Waals surface area contributed by atoms with Crippen molar-refractivity contribution in [1.82, 2.24) is 0 Å². The number of hydrogen-bond acceptors (Lipinski definition) is 2. The molecule has 0 heterocycles. The minimum atomic E-state index is -0.255. The molecule has 0 aliphatic rings. The Bertz CT molecular complexity index is 383. The quantitative estimate of drug-likeness (QED) is 0.737. The average Bonchev–Trinajstić information content (AvgIpc) is 2.24. The van der Waals surface area contributed by atoms with Gasteiger partial charge in [-0.1, -0.05) is 42.0 Å². The van der Waals surface area contributed by atoms with E-state index in [2.05, 4.69) is 4.74 Å². The molecule has 80 valence electrons. The fourth-order valence-electron chi connectivity index (χ4n) is 1.16. The third-order valence-electron chi connectivity index (χ3n) is 2.03. The highest BCUT2D eigenvalue weighted by molar-refractivity contribution is 6.32. The van der Waals surface area contributed by atoms with Crippen LogP contribution in [0.4, 0.5) is 0 Å². The summed E-state index contributed by atoms with van der Waals surface area (Å²) in [5.74, 6) is -0.255. The van der Waals surface area contributed by atoms with Crippen molar-refractivity contribution in [2.24, 2.45) is 0 Å². The Morgan fingerprint density at radius 3 is 2.93 bits per heavy atom. The number of ether oxygens (including phenoxy) is 1. The van der Waals surface area contributed by atoms with E-state index in [1.807, 2.05) is 31.2 Å². The molecule has 1 aromatic carbocycles. The zero-order chi connectivity index (χ0) is 11.3. The summed E-state index contributed by atoms with van der Waals surface area (Å²) in [7, 11) is 1.37. The number of aryl methyl sites for hydroxylation is 1. The van der Waals surface area contributed by atoms with E-state index in [1.54, 1.807) is 6.08 Å². The third-order valence-corrected chi connectivity index (χ3v) is 2.55. The van der Waals surface area contributed by atoms with Gasteiger partial charge in [-0.2, -0.15) is 0 Å². The van der Waals surface area contributed by atoms with E-state index in [0.29, 0.717) is 0 Å². The number of carbonyl (C=O) groups excluding carboxylic acids is 1.